The summed E-state index contributed by atoms with van der Waals surface area (Å²) >= 11 is 0. The van der Waals surface area contributed by atoms with E-state index in [9.17, 15) is 19.2 Å². The van der Waals surface area contributed by atoms with Gasteiger partial charge < -0.3 is 30.2 Å². The van der Waals surface area contributed by atoms with Gasteiger partial charge in [-0.2, -0.15) is 0 Å². The van der Waals surface area contributed by atoms with E-state index >= 15 is 0 Å². The lowest BCUT2D eigenvalue weighted by atomic mass is 10.0. The van der Waals surface area contributed by atoms with Gasteiger partial charge in [0.05, 0.1) is 6.42 Å². The van der Waals surface area contributed by atoms with Crippen molar-refractivity contribution in [3.63, 3.8) is 0 Å². The molecule has 0 amide bonds. The third-order valence-electron chi connectivity index (χ3n) is 9.81. The van der Waals surface area contributed by atoms with E-state index in [2.05, 4.69) is 13.8 Å². The van der Waals surface area contributed by atoms with Crippen molar-refractivity contribution in [2.45, 2.75) is 238 Å². The van der Waals surface area contributed by atoms with Gasteiger partial charge >= 0.3 is 23.9 Å². The van der Waals surface area contributed by atoms with Crippen molar-refractivity contribution >= 4 is 23.9 Å². The number of carbonyl (C=O) groups excluding carboxylic acids is 3. The lowest BCUT2D eigenvalue weighted by Crippen LogP contribution is -2.38. The molecular formula is C44H85NO9. The van der Waals surface area contributed by atoms with Crippen LogP contribution in [-0.4, -0.2) is 66.6 Å². The van der Waals surface area contributed by atoms with Crippen molar-refractivity contribution in [3.05, 3.63) is 0 Å². The summed E-state index contributed by atoms with van der Waals surface area (Å²) in [6.45, 7) is 3.92. The zero-order valence-electron chi connectivity index (χ0n) is 35.2. The molecule has 0 aromatic carbocycles. The molecule has 0 fully saturated rings. The fourth-order valence-electron chi connectivity index (χ4n) is 6.45. The summed E-state index contributed by atoms with van der Waals surface area (Å²) in [4.78, 5) is 48.0. The molecule has 2 unspecified atom stereocenters. The Balaban J connectivity index is 0. The minimum absolute atomic E-state index is 0.230. The van der Waals surface area contributed by atoms with E-state index in [0.29, 0.717) is 6.42 Å². The number of aliphatic carboxylic acids is 1. The number of rotatable bonds is 40. The number of nitrogens with two attached hydrogens (primary N) is 1. The van der Waals surface area contributed by atoms with Gasteiger partial charge in [-0.05, 0) is 12.8 Å². The monoisotopic (exact) mass is 772 g/mol. The van der Waals surface area contributed by atoms with Gasteiger partial charge in [0.25, 0.3) is 0 Å². The maximum absolute atomic E-state index is 12.6. The Kier molecular flexibility index (Phi) is 43.4. The minimum atomic E-state index is -1.33. The van der Waals surface area contributed by atoms with Gasteiger partial charge in [-0.15, -0.1) is 0 Å². The van der Waals surface area contributed by atoms with Crippen LogP contribution < -0.4 is 5.73 Å². The highest BCUT2D eigenvalue weighted by Crippen LogP contribution is 2.16. The molecule has 0 aliphatic carbocycles. The molecule has 10 nitrogen and oxygen atoms in total. The standard InChI is InChI=1S/C43H81NO8.CH4O/c1-3-5-7-9-11-13-15-17-19-21-23-25-27-29-31-33-41(47)50-36-38(37-51-43(49)39(44)35-40(45)46)52-42(48)34-32-30-28-26-24-22-20-18-16-14-12-10-8-6-4-2;1-2/h38-39H,3-37,44H2,1-2H3,(H,45,46);2H,1H3. The molecule has 4 N–H and O–H groups in total. The quantitative estimate of drug-likeness (QED) is 0.0310. The number of aliphatic hydroxyl groups is 1. The molecule has 0 aromatic rings. The van der Waals surface area contributed by atoms with E-state index in [1.165, 1.54) is 148 Å². The van der Waals surface area contributed by atoms with Gasteiger partial charge in [0, 0.05) is 20.0 Å². The smallest absolute Gasteiger partial charge is 0.323 e. The first-order valence-electron chi connectivity index (χ1n) is 22.2. The summed E-state index contributed by atoms with van der Waals surface area (Å²) in [6.07, 6.45) is 36.2. The average molecular weight is 772 g/mol. The Morgan fingerprint density at radius 2 is 0.759 bits per heavy atom. The fourth-order valence-corrected chi connectivity index (χ4v) is 6.45. The molecule has 0 aromatic heterocycles. The number of ether oxygens (including phenoxy) is 3. The molecular weight excluding hydrogens is 686 g/mol. The third kappa shape index (κ3) is 41.0. The van der Waals surface area contributed by atoms with Gasteiger partial charge in [0.15, 0.2) is 6.10 Å². The molecule has 54 heavy (non-hydrogen) atoms. The summed E-state index contributed by atoms with van der Waals surface area (Å²) in [5, 5.41) is 15.9. The number of unbranched alkanes of at least 4 members (excludes halogenated alkanes) is 28. The van der Waals surface area contributed by atoms with Crippen molar-refractivity contribution in [1.82, 2.24) is 0 Å². The predicted octanol–water partition coefficient (Wildman–Crippen LogP) is 10.9. The molecule has 0 radical (unpaired) electrons. The van der Waals surface area contributed by atoms with Crippen LogP contribution in [0.3, 0.4) is 0 Å². The van der Waals surface area contributed by atoms with E-state index in [-0.39, 0.29) is 32.0 Å². The zero-order chi connectivity index (χ0) is 40.3. The van der Waals surface area contributed by atoms with Crippen LogP contribution in [0, 0.1) is 0 Å². The van der Waals surface area contributed by atoms with Crippen LogP contribution in [0.1, 0.15) is 226 Å². The molecule has 0 spiro atoms. The SMILES string of the molecule is CCCCCCCCCCCCCCCCCC(=O)OCC(COC(=O)C(N)CC(=O)O)OC(=O)CCCCCCCCCCCCCCCCC.CO. The van der Waals surface area contributed by atoms with E-state index < -0.39 is 36.5 Å². The number of hydrogen-bond acceptors (Lipinski definition) is 9. The highest BCUT2D eigenvalue weighted by Gasteiger charge is 2.23. The molecule has 320 valence electrons. The number of aliphatic hydroxyl groups excluding tert-OH is 1. The Hall–Kier alpha value is -2.20. The number of carboxylic acids is 1. The van der Waals surface area contributed by atoms with E-state index in [0.717, 1.165) is 45.6 Å². The summed E-state index contributed by atoms with van der Waals surface area (Å²) in [5.41, 5.74) is 5.60. The second kappa shape index (κ2) is 43.5. The lowest BCUT2D eigenvalue weighted by Gasteiger charge is -2.19. The van der Waals surface area contributed by atoms with Crippen molar-refractivity contribution in [3.8, 4) is 0 Å². The topological polar surface area (TPSA) is 162 Å². The first-order valence-corrected chi connectivity index (χ1v) is 22.2. The number of carboxylic acid groups (broad SMARTS) is 1. The zero-order valence-corrected chi connectivity index (χ0v) is 35.2. The second-order valence-electron chi connectivity index (χ2n) is 15.0. The van der Waals surface area contributed by atoms with Gasteiger partial charge in [-0.1, -0.05) is 194 Å². The van der Waals surface area contributed by atoms with E-state index in [1.54, 1.807) is 0 Å². The molecule has 2 atom stereocenters. The number of carbonyl (C=O) groups is 4. The van der Waals surface area contributed by atoms with Crippen LogP contribution in [0.2, 0.25) is 0 Å². The molecule has 0 aliphatic rings. The van der Waals surface area contributed by atoms with Crippen LogP contribution in [0.5, 0.6) is 0 Å². The Morgan fingerprint density at radius 3 is 1.09 bits per heavy atom. The van der Waals surface area contributed by atoms with Crippen molar-refractivity contribution in [2.24, 2.45) is 5.73 Å². The minimum Gasteiger partial charge on any atom is -0.481 e. The summed E-state index contributed by atoms with van der Waals surface area (Å²) in [5.74, 6) is -2.95. The van der Waals surface area contributed by atoms with Crippen LogP contribution in [0.4, 0.5) is 0 Å². The predicted molar refractivity (Wildman–Crippen MR) is 219 cm³/mol. The molecule has 0 heterocycles. The average Bonchev–Trinajstić information content (AvgIpc) is 3.16. The van der Waals surface area contributed by atoms with Crippen molar-refractivity contribution < 1.29 is 43.6 Å². The number of hydrogen-bond donors (Lipinski definition) is 3. The fraction of sp³-hybridized carbons (Fsp3) is 0.909. The maximum Gasteiger partial charge on any atom is 0.323 e. The van der Waals surface area contributed by atoms with Gasteiger partial charge in [-0.25, -0.2) is 0 Å². The van der Waals surface area contributed by atoms with Crippen molar-refractivity contribution in [2.75, 3.05) is 20.3 Å². The molecule has 0 aliphatic heterocycles. The molecule has 0 rings (SSSR count). The van der Waals surface area contributed by atoms with Crippen LogP contribution in [-0.2, 0) is 33.4 Å². The molecule has 10 heteroatoms. The highest BCUT2D eigenvalue weighted by atomic mass is 16.6. The molecule has 0 saturated carbocycles. The van der Waals surface area contributed by atoms with Gasteiger partial charge in [0.2, 0.25) is 0 Å². The lowest BCUT2D eigenvalue weighted by molar-refractivity contribution is -0.167. The van der Waals surface area contributed by atoms with Crippen LogP contribution in [0.15, 0.2) is 0 Å². The molecule has 0 bridgehead atoms. The second-order valence-corrected chi connectivity index (χ2v) is 15.0. The third-order valence-corrected chi connectivity index (χ3v) is 9.81. The Morgan fingerprint density at radius 1 is 0.463 bits per heavy atom. The first kappa shape index (κ1) is 53.9. The van der Waals surface area contributed by atoms with Crippen LogP contribution >= 0.6 is 0 Å². The Bertz CT molecular complexity index is 854. The Labute approximate surface area is 330 Å². The van der Waals surface area contributed by atoms with E-state index in [4.69, 9.17) is 30.2 Å². The summed E-state index contributed by atoms with van der Waals surface area (Å²) < 4.78 is 16.0. The summed E-state index contributed by atoms with van der Waals surface area (Å²) in [7, 11) is 1.00. The highest BCUT2D eigenvalue weighted by molar-refractivity contribution is 5.81. The summed E-state index contributed by atoms with van der Waals surface area (Å²) in [6, 6.07) is -1.33. The van der Waals surface area contributed by atoms with Gasteiger partial charge in [-0.3, -0.25) is 19.2 Å². The molecule has 0 saturated heterocycles. The largest absolute Gasteiger partial charge is 0.481 e. The van der Waals surface area contributed by atoms with Crippen molar-refractivity contribution in [1.29, 1.82) is 0 Å². The van der Waals surface area contributed by atoms with Gasteiger partial charge in [0.1, 0.15) is 19.3 Å². The van der Waals surface area contributed by atoms with E-state index in [1.807, 2.05) is 0 Å². The van der Waals surface area contributed by atoms with Crippen LogP contribution in [0.25, 0.3) is 0 Å². The first-order chi connectivity index (χ1) is 26.3. The maximum atomic E-state index is 12.6. The number of esters is 3. The normalized spacial score (nSPS) is 12.0.